The number of ether oxygens (including phenoxy) is 2. The fraction of sp³-hybridized carbons (Fsp3) is 0.346. The molecule has 1 aromatic carbocycles. The van der Waals surface area contributed by atoms with Crippen LogP contribution in [0.15, 0.2) is 39.7 Å². The summed E-state index contributed by atoms with van der Waals surface area (Å²) in [7, 11) is 1.68. The van der Waals surface area contributed by atoms with E-state index >= 15 is 0 Å². The van der Waals surface area contributed by atoms with E-state index in [0.717, 1.165) is 5.56 Å². The number of rotatable bonds is 8. The van der Waals surface area contributed by atoms with Gasteiger partial charge in [0.25, 0.3) is 11.8 Å². The molecule has 0 saturated heterocycles. The highest BCUT2D eigenvalue weighted by Crippen LogP contribution is 2.38. The molecule has 5 rings (SSSR count). The lowest BCUT2D eigenvalue weighted by Gasteiger charge is -2.32. The van der Waals surface area contributed by atoms with Gasteiger partial charge in [0.2, 0.25) is 5.89 Å². The third-order valence-corrected chi connectivity index (χ3v) is 6.44. The molecule has 1 unspecified atom stereocenters. The van der Waals surface area contributed by atoms with Gasteiger partial charge in [-0.1, -0.05) is 12.1 Å². The van der Waals surface area contributed by atoms with Crippen LogP contribution >= 0.6 is 0 Å². The lowest BCUT2D eigenvalue weighted by atomic mass is 10.0. The predicted octanol–water partition coefficient (Wildman–Crippen LogP) is 1.82. The van der Waals surface area contributed by atoms with Gasteiger partial charge in [0.05, 0.1) is 13.2 Å². The number of aryl methyl sites for hydroxylation is 1. The summed E-state index contributed by atoms with van der Waals surface area (Å²) in [4.78, 5) is 32.1. The van der Waals surface area contributed by atoms with E-state index in [4.69, 9.17) is 19.0 Å². The van der Waals surface area contributed by atoms with Crippen molar-refractivity contribution in [3.8, 4) is 11.5 Å². The SMILES string of the molecule is CCOC(=O)c1c(O)c2ncc(Cc3ccc(F)cc3)c3c2n(c1=O)C[C@@H](CN(C)C([OH2+])c1nnc(C)o1)O3. The third kappa shape index (κ3) is 4.93. The highest BCUT2D eigenvalue weighted by molar-refractivity contribution is 6.00. The zero-order valence-electron chi connectivity index (χ0n) is 21.5. The summed E-state index contributed by atoms with van der Waals surface area (Å²) in [5, 5.41) is 27.1. The summed E-state index contributed by atoms with van der Waals surface area (Å²) in [6, 6.07) is 5.95. The van der Waals surface area contributed by atoms with Crippen LogP contribution in [0.1, 0.15) is 46.4 Å². The van der Waals surface area contributed by atoms with Gasteiger partial charge < -0.3 is 24.1 Å². The van der Waals surface area contributed by atoms with Gasteiger partial charge >= 0.3 is 11.9 Å². The van der Waals surface area contributed by atoms with Crippen molar-refractivity contribution in [3.05, 3.63) is 75.1 Å². The van der Waals surface area contributed by atoms with Crippen molar-refractivity contribution in [2.75, 3.05) is 20.2 Å². The Bertz CT molecular complexity index is 1600. The van der Waals surface area contributed by atoms with Gasteiger partial charge in [-0.05, 0) is 31.7 Å². The molecule has 0 spiro atoms. The van der Waals surface area contributed by atoms with Crippen LogP contribution in [-0.2, 0) is 17.7 Å². The predicted molar refractivity (Wildman–Crippen MR) is 135 cm³/mol. The van der Waals surface area contributed by atoms with E-state index < -0.39 is 35.2 Å². The topological polar surface area (TPSA) is 156 Å². The second-order valence-electron chi connectivity index (χ2n) is 9.21. The number of aromatic hydroxyl groups is 1. The van der Waals surface area contributed by atoms with Crippen molar-refractivity contribution in [1.29, 1.82) is 0 Å². The van der Waals surface area contributed by atoms with Crippen molar-refractivity contribution in [3.63, 3.8) is 0 Å². The molecule has 13 heteroatoms. The quantitative estimate of drug-likeness (QED) is 0.199. The Balaban J connectivity index is 1.58. The first-order chi connectivity index (χ1) is 18.7. The monoisotopic (exact) mass is 540 g/mol. The maximum Gasteiger partial charge on any atom is 0.347 e. The van der Waals surface area contributed by atoms with Crippen LogP contribution in [-0.4, -0.2) is 67.1 Å². The van der Waals surface area contributed by atoms with E-state index in [1.54, 1.807) is 37.9 Å². The third-order valence-electron chi connectivity index (χ3n) is 6.44. The van der Waals surface area contributed by atoms with Gasteiger partial charge in [-0.2, -0.15) is 0 Å². The molecule has 0 bridgehead atoms. The molecular weight excluding hydrogens is 513 g/mol. The van der Waals surface area contributed by atoms with Crippen molar-refractivity contribution < 1.29 is 33.3 Å². The first-order valence-electron chi connectivity index (χ1n) is 12.2. The molecule has 1 aliphatic rings. The van der Waals surface area contributed by atoms with Gasteiger partial charge in [-0.25, -0.2) is 14.1 Å². The number of hydrogen-bond acceptors (Lipinski definition) is 10. The number of pyridine rings is 2. The first-order valence-corrected chi connectivity index (χ1v) is 12.2. The van der Waals surface area contributed by atoms with Gasteiger partial charge in [-0.3, -0.25) is 14.3 Å². The summed E-state index contributed by atoms with van der Waals surface area (Å²) in [6.07, 6.45) is 0.163. The fourth-order valence-electron chi connectivity index (χ4n) is 4.58. The highest BCUT2D eigenvalue weighted by atomic mass is 19.1. The Labute approximate surface area is 221 Å². The standard InChI is InChI=1S/C26H26FN5O7/c1-4-37-26(36)18-21(33)19-20-22(15(10-28-19)9-14-5-7-16(27)8-6-14)39-17(12-32(20)24(18)34)11-31(3)25(35)23-30-29-13(2)38-23/h5-8,10,17,25,33,35H,4,9,11-12H2,1-3H3/p+1/t17-,25?/m1/s1. The number of halogens is 1. The van der Waals surface area contributed by atoms with Gasteiger partial charge in [0.15, 0.2) is 17.1 Å². The minimum Gasteiger partial charge on any atom is -0.505 e. The zero-order chi connectivity index (χ0) is 27.8. The molecule has 4 aromatic rings. The minimum atomic E-state index is -0.987. The molecular formula is C26H27FN5O7+. The molecule has 39 heavy (non-hydrogen) atoms. The van der Waals surface area contributed by atoms with E-state index in [9.17, 15) is 19.1 Å². The molecule has 0 radical (unpaired) electrons. The number of esters is 1. The highest BCUT2D eigenvalue weighted by Gasteiger charge is 2.34. The maximum atomic E-state index is 13.5. The summed E-state index contributed by atoms with van der Waals surface area (Å²) < 4.78 is 31.6. The molecule has 0 saturated carbocycles. The average Bonchev–Trinajstić information content (AvgIpc) is 3.35. The molecule has 0 aliphatic carbocycles. The smallest absolute Gasteiger partial charge is 0.347 e. The molecule has 12 nitrogen and oxygen atoms in total. The maximum absolute atomic E-state index is 13.5. The number of carbonyl (C=O) groups is 1. The number of carbonyl (C=O) groups excluding carboxylic acids is 1. The second-order valence-corrected chi connectivity index (χ2v) is 9.21. The van der Waals surface area contributed by atoms with E-state index in [1.807, 2.05) is 0 Å². The van der Waals surface area contributed by atoms with E-state index in [1.165, 1.54) is 22.9 Å². The van der Waals surface area contributed by atoms with Crippen LogP contribution in [0, 0.1) is 12.7 Å². The number of aromatic nitrogens is 4. The van der Waals surface area contributed by atoms with Crippen molar-refractivity contribution in [2.45, 2.75) is 39.1 Å². The molecule has 4 heterocycles. The van der Waals surface area contributed by atoms with Crippen LogP contribution in [0.25, 0.3) is 11.0 Å². The normalized spacial score (nSPS) is 15.4. The first kappa shape index (κ1) is 26.3. The zero-order valence-corrected chi connectivity index (χ0v) is 21.5. The van der Waals surface area contributed by atoms with Gasteiger partial charge in [0, 0.05) is 31.6 Å². The van der Waals surface area contributed by atoms with Crippen molar-refractivity contribution >= 4 is 17.0 Å². The minimum absolute atomic E-state index is 0.0105. The fourth-order valence-corrected chi connectivity index (χ4v) is 4.58. The summed E-state index contributed by atoms with van der Waals surface area (Å²) in [5.41, 5.74) is 0.360. The molecule has 3 aromatic heterocycles. The molecule has 1 aliphatic heterocycles. The van der Waals surface area contributed by atoms with Crippen molar-refractivity contribution in [2.24, 2.45) is 0 Å². The Morgan fingerprint density at radius 3 is 2.74 bits per heavy atom. The number of benzene rings is 1. The Hall–Kier alpha value is -4.36. The van der Waals surface area contributed by atoms with E-state index in [0.29, 0.717) is 23.6 Å². The number of nitrogens with zero attached hydrogens (tertiary/aromatic N) is 5. The van der Waals surface area contributed by atoms with Crippen LogP contribution in [0.5, 0.6) is 11.5 Å². The van der Waals surface area contributed by atoms with Gasteiger partial charge in [0.1, 0.15) is 23.0 Å². The number of hydrogen-bond donors (Lipinski definition) is 1. The van der Waals surface area contributed by atoms with E-state index in [-0.39, 0.29) is 42.4 Å². The van der Waals surface area contributed by atoms with Crippen LogP contribution in [0.4, 0.5) is 4.39 Å². The Morgan fingerprint density at radius 1 is 1.33 bits per heavy atom. The molecule has 0 amide bonds. The van der Waals surface area contributed by atoms with Crippen LogP contribution < -0.4 is 10.3 Å². The molecule has 2 atom stereocenters. The van der Waals surface area contributed by atoms with Gasteiger partial charge in [-0.15, -0.1) is 10.2 Å². The molecule has 204 valence electrons. The average molecular weight is 541 g/mol. The van der Waals surface area contributed by atoms with Crippen LogP contribution in [0.2, 0.25) is 0 Å². The van der Waals surface area contributed by atoms with E-state index in [2.05, 4.69) is 15.2 Å². The Kier molecular flexibility index (Phi) is 7.02. The summed E-state index contributed by atoms with van der Waals surface area (Å²) in [5.74, 6) is -1.17. The lowest BCUT2D eigenvalue weighted by molar-refractivity contribution is -0.0239. The summed E-state index contributed by atoms with van der Waals surface area (Å²) >= 11 is 0. The Morgan fingerprint density at radius 2 is 2.08 bits per heavy atom. The lowest BCUT2D eigenvalue weighted by Crippen LogP contribution is -2.43. The van der Waals surface area contributed by atoms with Crippen molar-refractivity contribution in [1.82, 2.24) is 24.6 Å². The summed E-state index contributed by atoms with van der Waals surface area (Å²) in [6.45, 7) is 3.43. The molecule has 0 fully saturated rings. The number of likely N-dealkylation sites (N-methyl/N-ethyl adjacent to an activating group) is 1. The van der Waals surface area contributed by atoms with Crippen LogP contribution in [0.3, 0.4) is 0 Å². The molecule has 3 N–H and O–H groups in total. The largest absolute Gasteiger partial charge is 0.505 e. The second kappa shape index (κ2) is 10.4.